The Balaban J connectivity index is 3.02. The van der Waals surface area contributed by atoms with Gasteiger partial charge < -0.3 is 0 Å². The summed E-state index contributed by atoms with van der Waals surface area (Å²) in [5.74, 6) is 0. The molecule has 32 valence electrons. The van der Waals surface area contributed by atoms with Gasteiger partial charge >= 0.3 is 48.6 Å². The topological polar surface area (TPSA) is 0 Å². The van der Waals surface area contributed by atoms with Crippen LogP contribution in [0.5, 0.6) is 0 Å². The molecule has 0 amide bonds. The molecule has 0 fully saturated rings. The van der Waals surface area contributed by atoms with Gasteiger partial charge in [-0.1, -0.05) is 0 Å². The van der Waals surface area contributed by atoms with Crippen LogP contribution in [0.1, 0.15) is 0 Å². The SMILES string of the molecule is C[N+](C)(C)[BiH2]. The van der Waals surface area contributed by atoms with E-state index in [4.69, 9.17) is 0 Å². The number of rotatable bonds is 0. The van der Waals surface area contributed by atoms with Crippen LogP contribution in [0.3, 0.4) is 0 Å². The summed E-state index contributed by atoms with van der Waals surface area (Å²) in [6.45, 7) is 0. The van der Waals surface area contributed by atoms with Crippen LogP contribution in [0.4, 0.5) is 0 Å². The predicted octanol–water partition coefficient (Wildman–Crippen LogP) is -0.759. The minimum absolute atomic E-state index is 1.07. The normalized spacial score (nSPS) is 12.0. The Hall–Kier alpha value is 0.843. The first-order valence-electron chi connectivity index (χ1n) is 1.60. The predicted molar refractivity (Wildman–Crippen MR) is 26.6 cm³/mol. The molecule has 0 aromatic carbocycles. The van der Waals surface area contributed by atoms with Crippen molar-refractivity contribution in [3.05, 3.63) is 0 Å². The quantitative estimate of drug-likeness (QED) is 0.508. The number of quaternary nitrogens is 1. The summed E-state index contributed by atoms with van der Waals surface area (Å²) in [7, 11) is 6.60. The van der Waals surface area contributed by atoms with Crippen molar-refractivity contribution in [2.75, 3.05) is 21.1 Å². The van der Waals surface area contributed by atoms with E-state index in [1.807, 2.05) is 0 Å². The van der Waals surface area contributed by atoms with E-state index >= 15 is 0 Å². The molecule has 0 bridgehead atoms. The number of hydrogen-bond donors (Lipinski definition) is 0. The van der Waals surface area contributed by atoms with Crippen molar-refractivity contribution in [1.82, 2.24) is 0 Å². The second-order valence-corrected chi connectivity index (χ2v) is 8.14. The first kappa shape index (κ1) is 5.84. The fourth-order valence-corrected chi connectivity index (χ4v) is 0. The summed E-state index contributed by atoms with van der Waals surface area (Å²) in [5, 5.41) is 0. The molecule has 0 rings (SSSR count). The van der Waals surface area contributed by atoms with Gasteiger partial charge in [0.15, 0.2) is 0 Å². The van der Waals surface area contributed by atoms with Gasteiger partial charge in [-0.3, -0.25) is 0 Å². The third-order valence-electron chi connectivity index (χ3n) is 0. The van der Waals surface area contributed by atoms with E-state index in [-0.39, 0.29) is 0 Å². The van der Waals surface area contributed by atoms with Gasteiger partial charge in [-0.2, -0.15) is 0 Å². The van der Waals surface area contributed by atoms with E-state index in [1.54, 1.807) is 0 Å². The molecule has 0 atom stereocenters. The van der Waals surface area contributed by atoms with Crippen LogP contribution < -0.4 is 0 Å². The average Bonchev–Trinajstić information content (AvgIpc) is 0.722. The molecule has 1 nitrogen and oxygen atoms in total. The van der Waals surface area contributed by atoms with Crippen molar-refractivity contribution in [2.45, 2.75) is 0 Å². The van der Waals surface area contributed by atoms with E-state index in [2.05, 4.69) is 21.1 Å². The molecule has 0 radical (unpaired) electrons. The Bertz CT molecular complexity index is 22.4. The van der Waals surface area contributed by atoms with E-state index in [0.717, 1.165) is 25.0 Å². The fourth-order valence-electron chi connectivity index (χ4n) is 0. The van der Waals surface area contributed by atoms with Crippen molar-refractivity contribution in [2.24, 2.45) is 0 Å². The Kier molecular flexibility index (Phi) is 1.79. The summed E-state index contributed by atoms with van der Waals surface area (Å²) in [4.78, 5) is 0. The number of hydrogen-bond acceptors (Lipinski definition) is 0. The maximum absolute atomic E-state index is 2.20. The Morgan fingerprint density at radius 2 is 1.20 bits per heavy atom. The Labute approximate surface area is 48.8 Å². The molecule has 0 aliphatic heterocycles. The Morgan fingerprint density at radius 1 is 1.20 bits per heavy atom. The monoisotopic (exact) mass is 270 g/mol. The molecule has 5 heavy (non-hydrogen) atoms. The zero-order chi connectivity index (χ0) is 4.50. The molecule has 0 spiro atoms. The van der Waals surface area contributed by atoms with E-state index in [9.17, 15) is 0 Å². The second kappa shape index (κ2) is 1.53. The van der Waals surface area contributed by atoms with E-state index < -0.39 is 0 Å². The van der Waals surface area contributed by atoms with Gasteiger partial charge in [-0.05, 0) is 0 Å². The Morgan fingerprint density at radius 3 is 1.20 bits per heavy atom. The molecule has 2 heteroatoms. The van der Waals surface area contributed by atoms with Crippen LogP contribution in [-0.2, 0) is 0 Å². The van der Waals surface area contributed by atoms with Crippen LogP contribution in [0.15, 0.2) is 0 Å². The molecule has 0 saturated carbocycles. The average molecular weight is 270 g/mol. The first-order chi connectivity index (χ1) is 2.00. The molecule has 0 aliphatic carbocycles. The second-order valence-electron chi connectivity index (χ2n) is 2.12. The van der Waals surface area contributed by atoms with Gasteiger partial charge in [0.25, 0.3) is 0 Å². The van der Waals surface area contributed by atoms with Gasteiger partial charge in [0, 0.05) is 0 Å². The van der Waals surface area contributed by atoms with Crippen LogP contribution in [-0.4, -0.2) is 48.6 Å². The zero-order valence-corrected chi connectivity index (χ0v) is 8.51. The molecule has 0 aromatic heterocycles. The maximum atomic E-state index is 2.20. The number of nitrogens with zero attached hydrogens (tertiary/aromatic N) is 1. The summed E-state index contributed by atoms with van der Waals surface area (Å²) >= 11 is 1.07. The molecule has 0 aliphatic rings. The molecule has 0 heterocycles. The van der Waals surface area contributed by atoms with Crippen LogP contribution >= 0.6 is 0 Å². The summed E-state index contributed by atoms with van der Waals surface area (Å²) in [5.41, 5.74) is 0. The molecular weight excluding hydrogens is 259 g/mol. The summed E-state index contributed by atoms with van der Waals surface area (Å²) in [6, 6.07) is 0. The van der Waals surface area contributed by atoms with Crippen molar-refractivity contribution >= 4 is 25.0 Å². The fraction of sp³-hybridized carbons (Fsp3) is 1.00. The van der Waals surface area contributed by atoms with Crippen LogP contribution in [0.25, 0.3) is 0 Å². The van der Waals surface area contributed by atoms with Gasteiger partial charge in [0.05, 0.1) is 0 Å². The zero-order valence-electron chi connectivity index (χ0n) is 4.02. The third-order valence-corrected chi connectivity index (χ3v) is 0. The van der Waals surface area contributed by atoms with Crippen molar-refractivity contribution in [3.8, 4) is 0 Å². The van der Waals surface area contributed by atoms with Crippen molar-refractivity contribution in [1.29, 1.82) is 0 Å². The standard InChI is InChI=1S/C3H9N.Bi.2H/c1-4(2)3;;;/h1-3H3;;;/q;+1;;. The molecule has 0 N–H and O–H groups in total. The molecule has 0 unspecified atom stereocenters. The van der Waals surface area contributed by atoms with Crippen molar-refractivity contribution < 1.29 is 2.43 Å². The van der Waals surface area contributed by atoms with Crippen LogP contribution in [0.2, 0.25) is 0 Å². The molecule has 0 aromatic rings. The van der Waals surface area contributed by atoms with Gasteiger partial charge in [-0.15, -0.1) is 0 Å². The third kappa shape index (κ3) is 55.1. The van der Waals surface area contributed by atoms with Gasteiger partial charge in [0.1, 0.15) is 0 Å². The molecule has 0 saturated heterocycles. The van der Waals surface area contributed by atoms with Crippen molar-refractivity contribution in [3.63, 3.8) is 0 Å². The van der Waals surface area contributed by atoms with Gasteiger partial charge in [-0.25, -0.2) is 0 Å². The molecular formula is C3H11BiN+. The van der Waals surface area contributed by atoms with Gasteiger partial charge in [0.2, 0.25) is 0 Å². The summed E-state index contributed by atoms with van der Waals surface area (Å²) < 4.78 is 1.17. The first-order valence-corrected chi connectivity index (χ1v) is 3.61. The van der Waals surface area contributed by atoms with E-state index in [0.29, 0.717) is 0 Å². The van der Waals surface area contributed by atoms with Crippen LogP contribution in [0, 0.1) is 0 Å². The van der Waals surface area contributed by atoms with E-state index in [1.165, 1.54) is 2.43 Å². The summed E-state index contributed by atoms with van der Waals surface area (Å²) in [6.07, 6.45) is 0. The minimum atomic E-state index is 1.07.